The zero-order valence-electron chi connectivity index (χ0n) is 10.2. The summed E-state index contributed by atoms with van der Waals surface area (Å²) in [7, 11) is 0. The van der Waals surface area contributed by atoms with Crippen LogP contribution in [0.4, 0.5) is 0 Å². The summed E-state index contributed by atoms with van der Waals surface area (Å²) in [5.41, 5.74) is 2.37. The first-order valence-corrected chi connectivity index (χ1v) is 6.88. The highest BCUT2D eigenvalue weighted by Crippen LogP contribution is 2.07. The summed E-state index contributed by atoms with van der Waals surface area (Å²) < 4.78 is 1.34. The quantitative estimate of drug-likeness (QED) is 0.824. The van der Waals surface area contributed by atoms with E-state index in [1.54, 1.807) is 11.6 Å². The first-order chi connectivity index (χ1) is 8.72. The third-order valence-corrected chi connectivity index (χ3v) is 3.75. The van der Waals surface area contributed by atoms with Gasteiger partial charge in [-0.3, -0.25) is 9.69 Å². The van der Waals surface area contributed by atoms with E-state index < -0.39 is 0 Å². The van der Waals surface area contributed by atoms with E-state index in [9.17, 15) is 4.79 Å². The van der Waals surface area contributed by atoms with Crippen molar-refractivity contribution < 1.29 is 0 Å². The molecule has 0 saturated carbocycles. The van der Waals surface area contributed by atoms with Gasteiger partial charge in [0.25, 0.3) is 5.56 Å². The van der Waals surface area contributed by atoms with Gasteiger partial charge in [-0.05, 0) is 6.92 Å². The standard InChI is InChI=1S/C11H15N5OS/c1-8-5-15(3-2-12-8)6-9-4-10(17)16-11(14-9)18-7-13-16/h4,7-8,12H,2-3,5-6H2,1H3/t8-/m0/s1. The van der Waals surface area contributed by atoms with E-state index >= 15 is 0 Å². The predicted octanol–water partition coefficient (Wildman–Crippen LogP) is -0.0553. The van der Waals surface area contributed by atoms with E-state index in [-0.39, 0.29) is 5.56 Å². The zero-order chi connectivity index (χ0) is 12.5. The molecule has 1 saturated heterocycles. The van der Waals surface area contributed by atoms with Crippen LogP contribution in [-0.2, 0) is 6.54 Å². The minimum Gasteiger partial charge on any atom is -0.312 e. The molecular weight excluding hydrogens is 250 g/mol. The van der Waals surface area contributed by atoms with Gasteiger partial charge in [-0.2, -0.15) is 9.61 Å². The number of rotatable bonds is 2. The fraction of sp³-hybridized carbons (Fsp3) is 0.545. The van der Waals surface area contributed by atoms with Gasteiger partial charge in [-0.1, -0.05) is 11.3 Å². The molecule has 3 heterocycles. The van der Waals surface area contributed by atoms with Crippen molar-refractivity contribution in [2.75, 3.05) is 19.6 Å². The second kappa shape index (κ2) is 4.75. The van der Waals surface area contributed by atoms with E-state index in [1.807, 2.05) is 0 Å². The molecule has 96 valence electrons. The molecule has 0 amide bonds. The van der Waals surface area contributed by atoms with E-state index in [1.165, 1.54) is 15.9 Å². The Morgan fingerprint density at radius 2 is 2.50 bits per heavy atom. The predicted molar refractivity (Wildman–Crippen MR) is 69.9 cm³/mol. The summed E-state index contributed by atoms with van der Waals surface area (Å²) in [4.78, 5) is 19.3. The third kappa shape index (κ3) is 2.29. The molecule has 0 bridgehead atoms. The Morgan fingerprint density at radius 1 is 1.61 bits per heavy atom. The summed E-state index contributed by atoms with van der Waals surface area (Å²) in [6.07, 6.45) is 0. The van der Waals surface area contributed by atoms with Gasteiger partial charge in [0.2, 0.25) is 4.96 Å². The minimum atomic E-state index is -0.0977. The van der Waals surface area contributed by atoms with Crippen LogP contribution in [0.25, 0.3) is 4.96 Å². The summed E-state index contributed by atoms with van der Waals surface area (Å²) in [5, 5.41) is 7.35. The zero-order valence-corrected chi connectivity index (χ0v) is 11.0. The molecule has 1 atom stereocenters. The molecular formula is C11H15N5OS. The van der Waals surface area contributed by atoms with Crippen LogP contribution in [0.15, 0.2) is 16.4 Å². The average molecular weight is 265 g/mol. The maximum atomic E-state index is 11.8. The largest absolute Gasteiger partial charge is 0.312 e. The van der Waals surface area contributed by atoms with Gasteiger partial charge in [0.1, 0.15) is 5.51 Å². The number of hydrogen-bond acceptors (Lipinski definition) is 6. The van der Waals surface area contributed by atoms with Crippen molar-refractivity contribution in [3.63, 3.8) is 0 Å². The van der Waals surface area contributed by atoms with E-state index in [0.29, 0.717) is 11.0 Å². The molecule has 18 heavy (non-hydrogen) atoms. The number of aromatic nitrogens is 3. The lowest BCUT2D eigenvalue weighted by atomic mass is 10.2. The van der Waals surface area contributed by atoms with Gasteiger partial charge in [0.05, 0.1) is 5.69 Å². The first kappa shape index (κ1) is 11.8. The monoisotopic (exact) mass is 265 g/mol. The molecule has 1 aliphatic heterocycles. The highest BCUT2D eigenvalue weighted by molar-refractivity contribution is 7.14. The van der Waals surface area contributed by atoms with Gasteiger partial charge < -0.3 is 5.32 Å². The van der Waals surface area contributed by atoms with E-state index in [0.717, 1.165) is 31.9 Å². The van der Waals surface area contributed by atoms with Gasteiger partial charge >= 0.3 is 0 Å². The van der Waals surface area contributed by atoms with Crippen LogP contribution < -0.4 is 10.9 Å². The van der Waals surface area contributed by atoms with Crippen LogP contribution in [0, 0.1) is 0 Å². The van der Waals surface area contributed by atoms with Crippen LogP contribution in [0.2, 0.25) is 0 Å². The van der Waals surface area contributed by atoms with Gasteiger partial charge in [-0.15, -0.1) is 0 Å². The molecule has 0 unspecified atom stereocenters. The number of nitrogens with zero attached hydrogens (tertiary/aromatic N) is 4. The number of fused-ring (bicyclic) bond motifs is 1. The fourth-order valence-corrected chi connectivity index (χ4v) is 2.91. The number of piperazine rings is 1. The molecule has 7 heteroatoms. The van der Waals surface area contributed by atoms with Gasteiger partial charge in [-0.25, -0.2) is 4.98 Å². The van der Waals surface area contributed by atoms with Crippen molar-refractivity contribution >= 4 is 16.3 Å². The second-order valence-corrected chi connectivity index (χ2v) is 5.42. The van der Waals surface area contributed by atoms with Crippen molar-refractivity contribution in [3.8, 4) is 0 Å². The summed E-state index contributed by atoms with van der Waals surface area (Å²) in [6.45, 7) is 5.87. The molecule has 1 N–H and O–H groups in total. The third-order valence-electron chi connectivity index (χ3n) is 3.08. The van der Waals surface area contributed by atoms with Crippen molar-refractivity contribution in [1.82, 2.24) is 24.8 Å². The van der Waals surface area contributed by atoms with Crippen LogP contribution in [-0.4, -0.2) is 45.2 Å². The Kier molecular flexibility index (Phi) is 3.11. The molecule has 1 fully saturated rings. The Balaban J connectivity index is 1.83. The summed E-state index contributed by atoms with van der Waals surface area (Å²) >= 11 is 1.39. The molecule has 6 nitrogen and oxygen atoms in total. The Hall–Kier alpha value is -1.31. The van der Waals surface area contributed by atoms with Crippen LogP contribution >= 0.6 is 11.3 Å². The first-order valence-electron chi connectivity index (χ1n) is 6.00. The summed E-state index contributed by atoms with van der Waals surface area (Å²) in [6, 6.07) is 2.08. The van der Waals surface area contributed by atoms with Gasteiger partial charge in [0.15, 0.2) is 0 Å². The van der Waals surface area contributed by atoms with Crippen molar-refractivity contribution in [3.05, 3.63) is 27.6 Å². The lowest BCUT2D eigenvalue weighted by molar-refractivity contribution is 0.197. The highest BCUT2D eigenvalue weighted by Gasteiger charge is 2.16. The second-order valence-electron chi connectivity index (χ2n) is 4.61. The molecule has 1 aliphatic rings. The van der Waals surface area contributed by atoms with Crippen LogP contribution in [0.3, 0.4) is 0 Å². The maximum Gasteiger partial charge on any atom is 0.275 e. The lowest BCUT2D eigenvalue weighted by Crippen LogP contribution is -2.48. The molecule has 0 radical (unpaired) electrons. The fourth-order valence-electron chi connectivity index (χ4n) is 2.27. The lowest BCUT2D eigenvalue weighted by Gasteiger charge is -2.31. The average Bonchev–Trinajstić information content (AvgIpc) is 2.77. The smallest absolute Gasteiger partial charge is 0.275 e. The van der Waals surface area contributed by atoms with Gasteiger partial charge in [0, 0.05) is 38.3 Å². The van der Waals surface area contributed by atoms with Crippen molar-refractivity contribution in [2.24, 2.45) is 0 Å². The van der Waals surface area contributed by atoms with E-state index in [4.69, 9.17) is 0 Å². The highest BCUT2D eigenvalue weighted by atomic mass is 32.1. The molecule has 0 aromatic carbocycles. The topological polar surface area (TPSA) is 62.5 Å². The maximum absolute atomic E-state index is 11.8. The molecule has 3 rings (SSSR count). The Labute approximate surface area is 108 Å². The normalized spacial score (nSPS) is 21.5. The Morgan fingerprint density at radius 3 is 3.33 bits per heavy atom. The minimum absolute atomic E-state index is 0.0977. The Bertz CT molecular complexity index is 607. The number of hydrogen-bond donors (Lipinski definition) is 1. The number of nitrogens with one attached hydrogen (secondary N) is 1. The molecule has 2 aromatic heterocycles. The SMILES string of the molecule is C[C@H]1CN(Cc2cc(=O)n3ncsc3n2)CCN1. The van der Waals surface area contributed by atoms with E-state index in [2.05, 4.69) is 27.2 Å². The molecule has 2 aromatic rings. The van der Waals surface area contributed by atoms with Crippen molar-refractivity contribution in [2.45, 2.75) is 19.5 Å². The van der Waals surface area contributed by atoms with Crippen molar-refractivity contribution in [1.29, 1.82) is 0 Å². The van der Waals surface area contributed by atoms with Crippen LogP contribution in [0.5, 0.6) is 0 Å². The summed E-state index contributed by atoms with van der Waals surface area (Å²) in [5.74, 6) is 0. The molecule has 0 aliphatic carbocycles. The van der Waals surface area contributed by atoms with Crippen LogP contribution in [0.1, 0.15) is 12.6 Å². The molecule has 0 spiro atoms.